The second-order valence-electron chi connectivity index (χ2n) is 5.97. The summed E-state index contributed by atoms with van der Waals surface area (Å²) in [6.45, 7) is 4.04. The fraction of sp³-hybridized carbons (Fsp3) is 0.632. The number of amides is 1. The van der Waals surface area contributed by atoms with Crippen LogP contribution in [0.1, 0.15) is 0 Å². The maximum atomic E-state index is 11.8. The van der Waals surface area contributed by atoms with Crippen LogP contribution >= 0.6 is 0 Å². The largest absolute Gasteiger partial charge is 0.468 e. The van der Waals surface area contributed by atoms with E-state index in [0.717, 1.165) is 0 Å². The molecule has 0 aliphatic rings. The third kappa shape index (κ3) is 11.0. The molecule has 0 fully saturated rings. The molecule has 0 bridgehead atoms. The van der Waals surface area contributed by atoms with Crippen LogP contribution in [0.25, 0.3) is 0 Å². The molecule has 0 aromatic carbocycles. The SMILES string of the molecule is COC(=O)Cn1cc(N(C=O)CCOCCOCCOCCOCCN)ccc1=O. The molecule has 1 aromatic rings. The molecular formula is C19H31N3O8. The van der Waals surface area contributed by atoms with Gasteiger partial charge in [-0.25, -0.2) is 0 Å². The minimum Gasteiger partial charge on any atom is -0.468 e. The van der Waals surface area contributed by atoms with E-state index < -0.39 is 5.97 Å². The molecule has 0 unspecified atom stereocenters. The first kappa shape index (κ1) is 25.7. The van der Waals surface area contributed by atoms with Crippen molar-refractivity contribution < 1.29 is 33.3 Å². The summed E-state index contributed by atoms with van der Waals surface area (Å²) in [5, 5.41) is 0. The molecule has 11 nitrogen and oxygen atoms in total. The lowest BCUT2D eigenvalue weighted by molar-refractivity contribution is -0.141. The lowest BCUT2D eigenvalue weighted by Gasteiger charge is -2.18. The lowest BCUT2D eigenvalue weighted by Crippen LogP contribution is -2.29. The maximum absolute atomic E-state index is 11.8. The number of carbonyl (C=O) groups is 2. The molecule has 1 rings (SSSR count). The van der Waals surface area contributed by atoms with Crippen LogP contribution < -0.4 is 16.2 Å². The van der Waals surface area contributed by atoms with E-state index in [9.17, 15) is 14.4 Å². The lowest BCUT2D eigenvalue weighted by atomic mass is 10.3. The maximum Gasteiger partial charge on any atom is 0.325 e. The minimum absolute atomic E-state index is 0.228. The fourth-order valence-corrected chi connectivity index (χ4v) is 2.27. The van der Waals surface area contributed by atoms with Gasteiger partial charge < -0.3 is 38.9 Å². The van der Waals surface area contributed by atoms with Crippen molar-refractivity contribution in [1.29, 1.82) is 0 Å². The molecular weight excluding hydrogens is 398 g/mol. The van der Waals surface area contributed by atoms with E-state index in [1.807, 2.05) is 0 Å². The van der Waals surface area contributed by atoms with E-state index in [0.29, 0.717) is 64.9 Å². The number of hydrogen-bond acceptors (Lipinski definition) is 9. The first-order valence-electron chi connectivity index (χ1n) is 9.62. The van der Waals surface area contributed by atoms with Crippen LogP contribution in [0.2, 0.25) is 0 Å². The van der Waals surface area contributed by atoms with Crippen molar-refractivity contribution in [3.8, 4) is 0 Å². The number of methoxy groups -OCH3 is 1. The summed E-state index contributed by atoms with van der Waals surface area (Å²) < 4.78 is 27.1. The Hall–Kier alpha value is -2.31. The number of nitrogens with zero attached hydrogens (tertiary/aromatic N) is 2. The van der Waals surface area contributed by atoms with E-state index in [-0.39, 0.29) is 25.3 Å². The van der Waals surface area contributed by atoms with E-state index in [1.165, 1.54) is 34.9 Å². The average molecular weight is 429 g/mol. The standard InChI is InChI=1S/C19H31N3O8/c1-26-19(25)15-22-14-17(2-3-18(22)24)21(16-23)5-7-28-9-11-30-13-12-29-10-8-27-6-4-20/h2-3,14,16H,4-13,15,20H2,1H3. The zero-order valence-electron chi connectivity index (χ0n) is 17.3. The summed E-state index contributed by atoms with van der Waals surface area (Å²) in [4.78, 5) is 35.9. The predicted molar refractivity (Wildman–Crippen MR) is 108 cm³/mol. The van der Waals surface area contributed by atoms with Crippen LogP contribution in [0, 0.1) is 0 Å². The van der Waals surface area contributed by atoms with Crippen molar-refractivity contribution in [2.75, 3.05) is 78.0 Å². The molecule has 1 amide bonds. The first-order valence-corrected chi connectivity index (χ1v) is 9.62. The van der Waals surface area contributed by atoms with Gasteiger partial charge in [-0.15, -0.1) is 0 Å². The zero-order valence-corrected chi connectivity index (χ0v) is 17.3. The number of ether oxygens (including phenoxy) is 5. The quantitative estimate of drug-likeness (QED) is 0.177. The van der Waals surface area contributed by atoms with E-state index in [2.05, 4.69) is 4.74 Å². The van der Waals surface area contributed by atoms with E-state index >= 15 is 0 Å². The Morgan fingerprint density at radius 2 is 1.57 bits per heavy atom. The summed E-state index contributed by atoms with van der Waals surface area (Å²) in [7, 11) is 1.24. The van der Waals surface area contributed by atoms with Gasteiger partial charge in [0.1, 0.15) is 6.54 Å². The van der Waals surface area contributed by atoms with Crippen LogP contribution in [-0.2, 0) is 39.8 Å². The minimum atomic E-state index is -0.555. The fourth-order valence-electron chi connectivity index (χ4n) is 2.27. The van der Waals surface area contributed by atoms with Crippen LogP contribution in [0.5, 0.6) is 0 Å². The number of pyridine rings is 1. The van der Waals surface area contributed by atoms with Crippen molar-refractivity contribution >= 4 is 18.1 Å². The Kier molecular flexibility index (Phi) is 14.1. The van der Waals surface area contributed by atoms with Gasteiger partial charge >= 0.3 is 5.97 Å². The van der Waals surface area contributed by atoms with E-state index in [4.69, 9.17) is 24.7 Å². The third-order valence-electron chi connectivity index (χ3n) is 3.81. The Morgan fingerprint density at radius 1 is 1.00 bits per heavy atom. The average Bonchev–Trinajstić information content (AvgIpc) is 2.75. The third-order valence-corrected chi connectivity index (χ3v) is 3.81. The van der Waals surface area contributed by atoms with Crippen molar-refractivity contribution in [2.24, 2.45) is 5.73 Å². The van der Waals surface area contributed by atoms with Gasteiger partial charge in [0.15, 0.2) is 0 Å². The van der Waals surface area contributed by atoms with Gasteiger partial charge in [-0.1, -0.05) is 0 Å². The van der Waals surface area contributed by atoms with Gasteiger partial charge in [-0.2, -0.15) is 0 Å². The summed E-state index contributed by atoms with van der Waals surface area (Å²) in [6, 6.07) is 2.80. The molecule has 0 saturated carbocycles. The Balaban J connectivity index is 2.20. The van der Waals surface area contributed by atoms with E-state index in [1.54, 1.807) is 0 Å². The summed E-state index contributed by atoms with van der Waals surface area (Å²) in [5.74, 6) is -0.555. The molecule has 11 heteroatoms. The summed E-state index contributed by atoms with van der Waals surface area (Å²) in [6.07, 6.45) is 2.06. The number of esters is 1. The highest BCUT2D eigenvalue weighted by Gasteiger charge is 2.09. The highest BCUT2D eigenvalue weighted by molar-refractivity contribution is 5.74. The first-order chi connectivity index (χ1) is 14.6. The molecule has 2 N–H and O–H groups in total. The number of nitrogens with two attached hydrogens (primary N) is 1. The second kappa shape index (κ2) is 16.5. The van der Waals surface area contributed by atoms with Gasteiger partial charge in [0.2, 0.25) is 6.41 Å². The zero-order chi connectivity index (χ0) is 22.0. The Morgan fingerprint density at radius 3 is 2.10 bits per heavy atom. The molecule has 0 radical (unpaired) electrons. The van der Waals surface area contributed by atoms with Crippen LogP contribution in [0.15, 0.2) is 23.1 Å². The van der Waals surface area contributed by atoms with Gasteiger partial charge in [0, 0.05) is 25.4 Å². The summed E-state index contributed by atoms with van der Waals surface area (Å²) in [5.41, 5.74) is 5.41. The molecule has 1 aromatic heterocycles. The Bertz CT molecular complexity index is 667. The smallest absolute Gasteiger partial charge is 0.325 e. The van der Waals surface area contributed by atoms with Gasteiger partial charge in [0.25, 0.3) is 5.56 Å². The van der Waals surface area contributed by atoms with Gasteiger partial charge in [-0.3, -0.25) is 14.4 Å². The topological polar surface area (TPSA) is 132 Å². The molecule has 1 heterocycles. The van der Waals surface area contributed by atoms with Crippen molar-refractivity contribution in [3.63, 3.8) is 0 Å². The highest BCUT2D eigenvalue weighted by atomic mass is 16.6. The molecule has 0 atom stereocenters. The number of aromatic nitrogens is 1. The van der Waals surface area contributed by atoms with Gasteiger partial charge in [-0.05, 0) is 6.07 Å². The van der Waals surface area contributed by atoms with Crippen LogP contribution in [0.4, 0.5) is 5.69 Å². The molecule has 0 aliphatic heterocycles. The Labute approximate surface area is 175 Å². The van der Waals surface area contributed by atoms with Gasteiger partial charge in [0.05, 0.1) is 65.7 Å². The molecule has 0 aliphatic carbocycles. The molecule has 0 spiro atoms. The van der Waals surface area contributed by atoms with Crippen LogP contribution in [-0.4, -0.2) is 90.0 Å². The van der Waals surface area contributed by atoms with Crippen molar-refractivity contribution in [2.45, 2.75) is 6.54 Å². The monoisotopic (exact) mass is 429 g/mol. The normalized spacial score (nSPS) is 10.7. The molecule has 30 heavy (non-hydrogen) atoms. The number of hydrogen-bond donors (Lipinski definition) is 1. The van der Waals surface area contributed by atoms with Crippen molar-refractivity contribution in [3.05, 3.63) is 28.7 Å². The predicted octanol–water partition coefficient (Wildman–Crippen LogP) is -0.991. The molecule has 0 saturated heterocycles. The molecule has 170 valence electrons. The highest BCUT2D eigenvalue weighted by Crippen LogP contribution is 2.09. The van der Waals surface area contributed by atoms with Crippen molar-refractivity contribution in [1.82, 2.24) is 4.57 Å². The number of rotatable bonds is 18. The number of anilines is 1. The van der Waals surface area contributed by atoms with Crippen LogP contribution in [0.3, 0.4) is 0 Å². The number of carbonyl (C=O) groups excluding carboxylic acids is 2. The summed E-state index contributed by atoms with van der Waals surface area (Å²) >= 11 is 0. The second-order valence-corrected chi connectivity index (χ2v) is 5.97.